The van der Waals surface area contributed by atoms with Crippen molar-refractivity contribution >= 4 is 23.2 Å². The minimum atomic E-state index is 0.379. The lowest BCUT2D eigenvalue weighted by Crippen LogP contribution is -1.86. The highest BCUT2D eigenvalue weighted by Gasteiger charge is 2.06. The Morgan fingerprint density at radius 2 is 1.65 bits per heavy atom. The highest BCUT2D eigenvalue weighted by Crippen LogP contribution is 2.33. The SMILES string of the molecule is N#Cc1ccc(Oc2ccccc2Cl)c(Cl)c1. The molecule has 17 heavy (non-hydrogen) atoms. The van der Waals surface area contributed by atoms with E-state index in [0.29, 0.717) is 27.1 Å². The molecule has 2 rings (SSSR count). The molecule has 0 aliphatic heterocycles. The highest BCUT2D eigenvalue weighted by atomic mass is 35.5. The van der Waals surface area contributed by atoms with Crippen LogP contribution in [0.2, 0.25) is 10.0 Å². The predicted octanol–water partition coefficient (Wildman–Crippen LogP) is 4.66. The van der Waals surface area contributed by atoms with Gasteiger partial charge in [-0.25, -0.2) is 0 Å². The molecule has 0 atom stereocenters. The number of ether oxygens (including phenoxy) is 1. The van der Waals surface area contributed by atoms with Crippen LogP contribution in [0.1, 0.15) is 5.56 Å². The fraction of sp³-hybridized carbons (Fsp3) is 0. The summed E-state index contributed by atoms with van der Waals surface area (Å²) in [7, 11) is 0. The van der Waals surface area contributed by atoms with Gasteiger partial charge in [0.15, 0.2) is 0 Å². The van der Waals surface area contributed by atoms with Crippen molar-refractivity contribution in [2.45, 2.75) is 0 Å². The van der Waals surface area contributed by atoms with Gasteiger partial charge in [-0.3, -0.25) is 0 Å². The second kappa shape index (κ2) is 5.09. The van der Waals surface area contributed by atoms with Gasteiger partial charge in [-0.2, -0.15) is 5.26 Å². The van der Waals surface area contributed by atoms with Crippen molar-refractivity contribution in [1.82, 2.24) is 0 Å². The van der Waals surface area contributed by atoms with Gasteiger partial charge in [0.1, 0.15) is 11.5 Å². The molecule has 4 heteroatoms. The molecule has 0 heterocycles. The first kappa shape index (κ1) is 11.8. The first-order chi connectivity index (χ1) is 8.20. The van der Waals surface area contributed by atoms with Crippen molar-refractivity contribution in [3.63, 3.8) is 0 Å². The van der Waals surface area contributed by atoms with E-state index >= 15 is 0 Å². The molecule has 0 aromatic heterocycles. The van der Waals surface area contributed by atoms with E-state index < -0.39 is 0 Å². The van der Waals surface area contributed by atoms with Crippen LogP contribution >= 0.6 is 23.2 Å². The molecule has 0 aliphatic rings. The largest absolute Gasteiger partial charge is 0.454 e. The number of hydrogen-bond acceptors (Lipinski definition) is 2. The molecule has 2 aromatic carbocycles. The van der Waals surface area contributed by atoms with Crippen LogP contribution in [-0.2, 0) is 0 Å². The van der Waals surface area contributed by atoms with Crippen molar-refractivity contribution < 1.29 is 4.74 Å². The maximum atomic E-state index is 8.72. The Kier molecular flexibility index (Phi) is 3.53. The molecule has 0 aliphatic carbocycles. The normalized spacial score (nSPS) is 9.71. The van der Waals surface area contributed by atoms with E-state index in [2.05, 4.69) is 0 Å². The molecule has 0 fully saturated rings. The Morgan fingerprint density at radius 3 is 2.29 bits per heavy atom. The fourth-order valence-electron chi connectivity index (χ4n) is 1.30. The first-order valence-corrected chi connectivity index (χ1v) is 5.58. The van der Waals surface area contributed by atoms with E-state index in [1.807, 2.05) is 18.2 Å². The van der Waals surface area contributed by atoms with E-state index in [4.69, 9.17) is 33.2 Å². The van der Waals surface area contributed by atoms with Gasteiger partial charge in [-0.15, -0.1) is 0 Å². The molecular formula is C13H7Cl2NO. The zero-order chi connectivity index (χ0) is 12.3. The Balaban J connectivity index is 2.32. The molecule has 0 bridgehead atoms. The fourth-order valence-corrected chi connectivity index (χ4v) is 1.69. The Labute approximate surface area is 109 Å². The molecule has 0 saturated carbocycles. The van der Waals surface area contributed by atoms with Crippen LogP contribution in [0.3, 0.4) is 0 Å². The van der Waals surface area contributed by atoms with E-state index in [0.717, 1.165) is 0 Å². The summed E-state index contributed by atoms with van der Waals surface area (Å²) < 4.78 is 5.57. The van der Waals surface area contributed by atoms with E-state index in [1.54, 1.807) is 30.3 Å². The summed E-state index contributed by atoms with van der Waals surface area (Å²) in [6, 6.07) is 13.9. The molecular weight excluding hydrogens is 257 g/mol. The van der Waals surface area contributed by atoms with Crippen LogP contribution < -0.4 is 4.74 Å². The maximum absolute atomic E-state index is 8.72. The minimum Gasteiger partial charge on any atom is -0.454 e. The quantitative estimate of drug-likeness (QED) is 0.790. The number of halogens is 2. The topological polar surface area (TPSA) is 33.0 Å². The molecule has 0 spiro atoms. The van der Waals surface area contributed by atoms with Crippen LogP contribution in [0.15, 0.2) is 42.5 Å². The summed E-state index contributed by atoms with van der Waals surface area (Å²) in [6.07, 6.45) is 0. The van der Waals surface area contributed by atoms with Crippen LogP contribution in [-0.4, -0.2) is 0 Å². The Hall–Kier alpha value is -1.69. The molecule has 84 valence electrons. The molecule has 2 nitrogen and oxygen atoms in total. The molecule has 2 aromatic rings. The molecule has 0 unspecified atom stereocenters. The van der Waals surface area contributed by atoms with Crippen molar-refractivity contribution in [2.75, 3.05) is 0 Å². The average Bonchev–Trinajstić information content (AvgIpc) is 2.34. The second-order valence-electron chi connectivity index (χ2n) is 3.29. The Bertz CT molecular complexity index is 590. The van der Waals surface area contributed by atoms with E-state index in [1.165, 1.54) is 0 Å². The van der Waals surface area contributed by atoms with Gasteiger partial charge in [-0.05, 0) is 30.3 Å². The van der Waals surface area contributed by atoms with E-state index in [-0.39, 0.29) is 0 Å². The zero-order valence-corrected chi connectivity index (χ0v) is 10.2. The number of hydrogen-bond donors (Lipinski definition) is 0. The molecule has 0 amide bonds. The standard InChI is InChI=1S/C13H7Cl2NO/c14-10-3-1-2-4-12(10)17-13-6-5-9(8-16)7-11(13)15/h1-7H. The third-order valence-electron chi connectivity index (χ3n) is 2.12. The Morgan fingerprint density at radius 1 is 0.941 bits per heavy atom. The first-order valence-electron chi connectivity index (χ1n) is 4.83. The predicted molar refractivity (Wildman–Crippen MR) is 67.7 cm³/mol. The second-order valence-corrected chi connectivity index (χ2v) is 4.10. The van der Waals surface area contributed by atoms with Crippen LogP contribution in [0.25, 0.3) is 0 Å². The van der Waals surface area contributed by atoms with Crippen molar-refractivity contribution in [2.24, 2.45) is 0 Å². The zero-order valence-electron chi connectivity index (χ0n) is 8.65. The molecule has 0 N–H and O–H groups in total. The molecule has 0 saturated heterocycles. The monoisotopic (exact) mass is 263 g/mol. The summed E-state index contributed by atoms with van der Waals surface area (Å²) in [4.78, 5) is 0. The van der Waals surface area contributed by atoms with Gasteiger partial charge < -0.3 is 4.74 Å². The summed E-state index contributed by atoms with van der Waals surface area (Å²) in [5, 5.41) is 9.60. The third kappa shape index (κ3) is 2.71. The van der Waals surface area contributed by atoms with Crippen LogP contribution in [0.4, 0.5) is 0 Å². The van der Waals surface area contributed by atoms with Crippen molar-refractivity contribution in [1.29, 1.82) is 5.26 Å². The van der Waals surface area contributed by atoms with Gasteiger partial charge in [0.25, 0.3) is 0 Å². The summed E-state index contributed by atoms with van der Waals surface area (Å²) >= 11 is 12.0. The van der Waals surface area contributed by atoms with Gasteiger partial charge in [0.05, 0.1) is 21.7 Å². The molecule has 0 radical (unpaired) electrons. The van der Waals surface area contributed by atoms with Crippen molar-refractivity contribution in [3.8, 4) is 17.6 Å². The number of para-hydroxylation sites is 1. The summed E-state index contributed by atoms with van der Waals surface area (Å²) in [5.41, 5.74) is 0.488. The minimum absolute atomic E-state index is 0.379. The van der Waals surface area contributed by atoms with Gasteiger partial charge >= 0.3 is 0 Å². The lowest BCUT2D eigenvalue weighted by atomic mass is 10.2. The summed E-state index contributed by atoms with van der Waals surface area (Å²) in [6.45, 7) is 0. The van der Waals surface area contributed by atoms with Crippen LogP contribution in [0.5, 0.6) is 11.5 Å². The van der Waals surface area contributed by atoms with Gasteiger partial charge in [0.2, 0.25) is 0 Å². The number of rotatable bonds is 2. The highest BCUT2D eigenvalue weighted by molar-refractivity contribution is 6.32. The third-order valence-corrected chi connectivity index (χ3v) is 2.73. The van der Waals surface area contributed by atoms with Crippen molar-refractivity contribution in [3.05, 3.63) is 58.1 Å². The average molecular weight is 264 g/mol. The number of benzene rings is 2. The van der Waals surface area contributed by atoms with Gasteiger partial charge in [0, 0.05) is 0 Å². The summed E-state index contributed by atoms with van der Waals surface area (Å²) in [5.74, 6) is 1.000. The van der Waals surface area contributed by atoms with E-state index in [9.17, 15) is 0 Å². The smallest absolute Gasteiger partial charge is 0.146 e. The lowest BCUT2D eigenvalue weighted by Gasteiger charge is -2.08. The number of nitriles is 1. The lowest BCUT2D eigenvalue weighted by molar-refractivity contribution is 0.483. The van der Waals surface area contributed by atoms with Crippen LogP contribution in [0, 0.1) is 11.3 Å². The number of nitrogens with zero attached hydrogens (tertiary/aromatic N) is 1. The maximum Gasteiger partial charge on any atom is 0.146 e. The van der Waals surface area contributed by atoms with Gasteiger partial charge in [-0.1, -0.05) is 35.3 Å².